The first-order chi connectivity index (χ1) is 11.3. The number of aromatic amines is 1. The number of carbonyl (C=O) groups excluding carboxylic acids is 1. The standard InChI is InChI=1S/C17H23N5O2/c1-10(2)9-11-13(17(11,3)4)15(23)18-6-5-12-20-21-14-16(24)19-7-8-22(12)14/h7-9,11,13H,5-6H2,1-4H3,(H,18,23)(H,19,24). The van der Waals surface area contributed by atoms with Crippen molar-refractivity contribution in [2.75, 3.05) is 6.54 Å². The van der Waals surface area contributed by atoms with Gasteiger partial charge in [0, 0.05) is 25.4 Å². The van der Waals surface area contributed by atoms with Gasteiger partial charge in [-0.3, -0.25) is 14.0 Å². The highest BCUT2D eigenvalue weighted by Crippen LogP contribution is 2.59. The number of fused-ring (bicyclic) bond motifs is 1. The minimum Gasteiger partial charge on any atom is -0.355 e. The van der Waals surface area contributed by atoms with Gasteiger partial charge in [0.05, 0.1) is 5.92 Å². The molecule has 0 bridgehead atoms. The number of allylic oxidation sites excluding steroid dienone is 2. The molecule has 0 aromatic carbocycles. The molecule has 0 radical (unpaired) electrons. The van der Waals surface area contributed by atoms with Gasteiger partial charge in [0.25, 0.3) is 5.56 Å². The fraction of sp³-hybridized carbons (Fsp3) is 0.529. The van der Waals surface area contributed by atoms with Gasteiger partial charge in [0.2, 0.25) is 11.6 Å². The monoisotopic (exact) mass is 329 g/mol. The minimum absolute atomic E-state index is 0.0101. The van der Waals surface area contributed by atoms with E-state index >= 15 is 0 Å². The maximum atomic E-state index is 12.4. The van der Waals surface area contributed by atoms with Gasteiger partial charge in [0.1, 0.15) is 5.82 Å². The summed E-state index contributed by atoms with van der Waals surface area (Å²) in [5.41, 5.74) is 1.25. The fourth-order valence-electron chi connectivity index (χ4n) is 3.31. The van der Waals surface area contributed by atoms with Crippen LogP contribution in [0.4, 0.5) is 0 Å². The summed E-state index contributed by atoms with van der Waals surface area (Å²) in [6.45, 7) is 8.84. The Morgan fingerprint density at radius 3 is 2.88 bits per heavy atom. The van der Waals surface area contributed by atoms with Crippen molar-refractivity contribution in [3.05, 3.63) is 40.2 Å². The van der Waals surface area contributed by atoms with Crippen LogP contribution in [-0.4, -0.2) is 32.0 Å². The molecule has 7 nitrogen and oxygen atoms in total. The van der Waals surface area contributed by atoms with E-state index in [4.69, 9.17) is 0 Å². The van der Waals surface area contributed by atoms with Gasteiger partial charge < -0.3 is 10.3 Å². The second-order valence-corrected chi connectivity index (χ2v) is 7.21. The predicted octanol–water partition coefficient (Wildman–Crippen LogP) is 1.31. The molecule has 1 fully saturated rings. The number of nitrogens with zero attached hydrogens (tertiary/aromatic N) is 3. The van der Waals surface area contributed by atoms with Crippen LogP contribution in [-0.2, 0) is 11.2 Å². The van der Waals surface area contributed by atoms with E-state index in [1.54, 1.807) is 16.8 Å². The summed E-state index contributed by atoms with van der Waals surface area (Å²) in [4.78, 5) is 26.6. The van der Waals surface area contributed by atoms with E-state index < -0.39 is 0 Å². The van der Waals surface area contributed by atoms with E-state index in [0.29, 0.717) is 24.7 Å². The van der Waals surface area contributed by atoms with Crippen molar-refractivity contribution < 1.29 is 4.79 Å². The zero-order valence-electron chi connectivity index (χ0n) is 14.5. The van der Waals surface area contributed by atoms with Crippen LogP contribution in [0.1, 0.15) is 33.5 Å². The van der Waals surface area contributed by atoms with Crippen molar-refractivity contribution >= 4 is 11.6 Å². The molecule has 2 N–H and O–H groups in total. The molecular weight excluding hydrogens is 306 g/mol. The number of carbonyl (C=O) groups is 1. The van der Waals surface area contributed by atoms with Crippen LogP contribution in [0.25, 0.3) is 5.65 Å². The molecule has 3 rings (SSSR count). The van der Waals surface area contributed by atoms with Crippen LogP contribution in [0.3, 0.4) is 0 Å². The number of amides is 1. The smallest absolute Gasteiger partial charge is 0.293 e. The second-order valence-electron chi connectivity index (χ2n) is 7.21. The molecule has 2 unspecified atom stereocenters. The lowest BCUT2D eigenvalue weighted by atomic mass is 10.1. The second kappa shape index (κ2) is 5.89. The SMILES string of the molecule is CC(C)=CC1C(C(=O)NCCc2nnc3c(=O)[nH]ccn23)C1(C)C. The molecule has 1 amide bonds. The topological polar surface area (TPSA) is 92.2 Å². The highest BCUT2D eigenvalue weighted by molar-refractivity contribution is 5.83. The van der Waals surface area contributed by atoms with Gasteiger partial charge >= 0.3 is 0 Å². The molecule has 2 aromatic heterocycles. The maximum Gasteiger partial charge on any atom is 0.293 e. The summed E-state index contributed by atoms with van der Waals surface area (Å²) >= 11 is 0. The van der Waals surface area contributed by atoms with E-state index in [1.165, 1.54) is 5.57 Å². The summed E-state index contributed by atoms with van der Waals surface area (Å²) in [5, 5.41) is 10.9. The Balaban J connectivity index is 1.61. The number of nitrogens with one attached hydrogen (secondary N) is 2. The molecule has 1 aliphatic carbocycles. The van der Waals surface area contributed by atoms with Crippen LogP contribution < -0.4 is 10.9 Å². The van der Waals surface area contributed by atoms with Crippen LogP contribution in [0.2, 0.25) is 0 Å². The van der Waals surface area contributed by atoms with Crippen LogP contribution >= 0.6 is 0 Å². The van der Waals surface area contributed by atoms with E-state index in [-0.39, 0.29) is 28.4 Å². The van der Waals surface area contributed by atoms with E-state index in [1.807, 2.05) is 0 Å². The summed E-state index contributed by atoms with van der Waals surface area (Å²) in [7, 11) is 0. The number of hydrogen-bond donors (Lipinski definition) is 2. The van der Waals surface area contributed by atoms with Crippen molar-refractivity contribution in [3.63, 3.8) is 0 Å². The van der Waals surface area contributed by atoms with Gasteiger partial charge in [-0.25, -0.2) is 0 Å². The Hall–Kier alpha value is -2.44. The van der Waals surface area contributed by atoms with Gasteiger partial charge in [0.15, 0.2) is 0 Å². The van der Waals surface area contributed by atoms with Crippen LogP contribution in [0.5, 0.6) is 0 Å². The molecule has 1 aliphatic rings. The molecular formula is C17H23N5O2. The van der Waals surface area contributed by atoms with Crippen molar-refractivity contribution in [1.29, 1.82) is 0 Å². The first-order valence-corrected chi connectivity index (χ1v) is 8.16. The lowest BCUT2D eigenvalue weighted by molar-refractivity contribution is -0.123. The Labute approximate surface area is 140 Å². The molecule has 1 saturated carbocycles. The molecule has 2 atom stereocenters. The van der Waals surface area contributed by atoms with Gasteiger partial charge in [-0.05, 0) is 25.2 Å². The molecule has 2 heterocycles. The predicted molar refractivity (Wildman–Crippen MR) is 90.5 cm³/mol. The number of rotatable bonds is 5. The van der Waals surface area contributed by atoms with Crippen LogP contribution in [0, 0.1) is 17.3 Å². The average molecular weight is 329 g/mol. The third kappa shape index (κ3) is 2.86. The van der Waals surface area contributed by atoms with E-state index in [2.05, 4.69) is 54.3 Å². The summed E-state index contributed by atoms with van der Waals surface area (Å²) < 4.78 is 1.65. The summed E-state index contributed by atoms with van der Waals surface area (Å²) in [5.74, 6) is 1.06. The number of hydrogen-bond acceptors (Lipinski definition) is 4. The molecule has 0 saturated heterocycles. The maximum absolute atomic E-state index is 12.4. The zero-order valence-corrected chi connectivity index (χ0v) is 14.5. The Morgan fingerprint density at radius 2 is 2.17 bits per heavy atom. The van der Waals surface area contributed by atoms with Crippen molar-refractivity contribution in [2.24, 2.45) is 17.3 Å². The molecule has 128 valence electrons. The largest absolute Gasteiger partial charge is 0.355 e. The Kier molecular flexibility index (Phi) is 4.03. The quantitative estimate of drug-likeness (QED) is 0.809. The molecule has 0 aliphatic heterocycles. The minimum atomic E-state index is -0.274. The normalized spacial score (nSPS) is 21.5. The molecule has 24 heavy (non-hydrogen) atoms. The van der Waals surface area contributed by atoms with Crippen LogP contribution in [0.15, 0.2) is 28.8 Å². The summed E-state index contributed by atoms with van der Waals surface area (Å²) in [6, 6.07) is 0. The third-order valence-electron chi connectivity index (χ3n) is 4.76. The van der Waals surface area contributed by atoms with Gasteiger partial charge in [-0.2, -0.15) is 0 Å². The first kappa shape index (κ1) is 16.4. The highest BCUT2D eigenvalue weighted by atomic mass is 16.2. The number of H-pyrrole nitrogens is 1. The summed E-state index contributed by atoms with van der Waals surface area (Å²) in [6.07, 6.45) is 5.97. The molecule has 2 aromatic rings. The Bertz CT molecular complexity index is 857. The van der Waals surface area contributed by atoms with Crippen molar-refractivity contribution in [3.8, 4) is 0 Å². The average Bonchev–Trinajstić information content (AvgIpc) is 2.84. The Morgan fingerprint density at radius 1 is 1.42 bits per heavy atom. The van der Waals surface area contributed by atoms with Gasteiger partial charge in [-0.1, -0.05) is 25.5 Å². The van der Waals surface area contributed by atoms with E-state index in [0.717, 1.165) is 0 Å². The molecule has 7 heteroatoms. The van der Waals surface area contributed by atoms with Crippen molar-refractivity contribution in [2.45, 2.75) is 34.1 Å². The highest BCUT2D eigenvalue weighted by Gasteiger charge is 2.60. The van der Waals surface area contributed by atoms with Crippen molar-refractivity contribution in [1.82, 2.24) is 24.9 Å². The molecule has 0 spiro atoms. The lowest BCUT2D eigenvalue weighted by Crippen LogP contribution is -2.29. The van der Waals surface area contributed by atoms with E-state index in [9.17, 15) is 9.59 Å². The van der Waals surface area contributed by atoms with Gasteiger partial charge in [-0.15, -0.1) is 10.2 Å². The lowest BCUT2D eigenvalue weighted by Gasteiger charge is -2.05. The number of aromatic nitrogens is 4. The zero-order chi connectivity index (χ0) is 17.5. The first-order valence-electron chi connectivity index (χ1n) is 8.16. The third-order valence-corrected chi connectivity index (χ3v) is 4.76. The fourth-order valence-corrected chi connectivity index (χ4v) is 3.31.